The van der Waals surface area contributed by atoms with Crippen LogP contribution in [0.5, 0.6) is 0 Å². The van der Waals surface area contributed by atoms with Gasteiger partial charge in [0.2, 0.25) is 5.95 Å². The van der Waals surface area contributed by atoms with Crippen LogP contribution >= 0.6 is 0 Å². The number of nitrogens with zero attached hydrogens (tertiary/aromatic N) is 5. The third-order valence-corrected chi connectivity index (χ3v) is 4.21. The van der Waals surface area contributed by atoms with Crippen molar-refractivity contribution in [1.29, 1.82) is 0 Å². The lowest BCUT2D eigenvalue weighted by atomic mass is 10.2. The number of pyridine rings is 1. The van der Waals surface area contributed by atoms with Crippen molar-refractivity contribution in [2.24, 2.45) is 0 Å². The van der Waals surface area contributed by atoms with E-state index in [1.807, 2.05) is 4.90 Å². The first-order valence-corrected chi connectivity index (χ1v) is 8.83. The second kappa shape index (κ2) is 8.57. The number of carbonyl (C=O) groups excluding carboxylic acids is 1. The third-order valence-electron chi connectivity index (χ3n) is 4.21. The Labute approximate surface area is 152 Å². The lowest BCUT2D eigenvalue weighted by Gasteiger charge is -2.22. The van der Waals surface area contributed by atoms with Crippen molar-refractivity contribution in [3.05, 3.63) is 42.4 Å². The van der Waals surface area contributed by atoms with Crippen molar-refractivity contribution in [3.8, 4) is 0 Å². The van der Waals surface area contributed by atoms with E-state index in [1.165, 1.54) is 0 Å². The summed E-state index contributed by atoms with van der Waals surface area (Å²) in [6, 6.07) is 5.32. The summed E-state index contributed by atoms with van der Waals surface area (Å²) >= 11 is 0. The van der Waals surface area contributed by atoms with E-state index in [0.717, 1.165) is 13.0 Å². The molecule has 0 aliphatic carbocycles. The summed E-state index contributed by atoms with van der Waals surface area (Å²) in [6.07, 6.45) is 5.46. The predicted octanol–water partition coefficient (Wildman–Crippen LogP) is 1.02. The third kappa shape index (κ3) is 4.66. The quantitative estimate of drug-likeness (QED) is 0.826. The molecule has 26 heavy (non-hydrogen) atoms. The monoisotopic (exact) mass is 356 g/mol. The maximum Gasteiger partial charge on any atom is 0.255 e. The second-order valence-electron chi connectivity index (χ2n) is 6.34. The van der Waals surface area contributed by atoms with Crippen molar-refractivity contribution >= 4 is 17.7 Å². The highest BCUT2D eigenvalue weighted by Gasteiger charge is 2.21. The van der Waals surface area contributed by atoms with Crippen LogP contribution in [0, 0.1) is 0 Å². The molecule has 3 heterocycles. The number of hydrogen-bond donors (Lipinski definition) is 2. The fourth-order valence-corrected chi connectivity index (χ4v) is 2.83. The smallest absolute Gasteiger partial charge is 0.255 e. The highest BCUT2D eigenvalue weighted by molar-refractivity contribution is 5.94. The molecular formula is C18H24N6O2. The van der Waals surface area contributed by atoms with E-state index in [0.29, 0.717) is 43.5 Å². The number of aliphatic hydroxyl groups excluding tert-OH is 1. The average molecular weight is 356 g/mol. The Morgan fingerprint density at radius 1 is 1.19 bits per heavy atom. The fraction of sp³-hybridized carbons (Fsp3) is 0.444. The Hall–Kier alpha value is -2.74. The van der Waals surface area contributed by atoms with E-state index < -0.39 is 6.10 Å². The van der Waals surface area contributed by atoms with Gasteiger partial charge < -0.3 is 20.2 Å². The molecule has 1 atom stereocenters. The SMILES string of the molecule is C[C@H](O)CNc1ccc(C(=O)N2CCCN(c3ncccn3)CC2)cn1. The number of aromatic nitrogens is 3. The van der Waals surface area contributed by atoms with Crippen molar-refractivity contribution in [3.63, 3.8) is 0 Å². The van der Waals surface area contributed by atoms with Crippen LogP contribution in [-0.4, -0.2) is 69.7 Å². The summed E-state index contributed by atoms with van der Waals surface area (Å²) in [5.74, 6) is 1.33. The van der Waals surface area contributed by atoms with Gasteiger partial charge in [-0.25, -0.2) is 15.0 Å². The van der Waals surface area contributed by atoms with Crippen molar-refractivity contribution < 1.29 is 9.90 Å². The van der Waals surface area contributed by atoms with Crippen molar-refractivity contribution in [1.82, 2.24) is 19.9 Å². The molecule has 0 unspecified atom stereocenters. The molecule has 0 bridgehead atoms. The Morgan fingerprint density at radius 2 is 2.00 bits per heavy atom. The number of nitrogens with one attached hydrogen (secondary N) is 1. The maximum atomic E-state index is 12.7. The molecule has 138 valence electrons. The van der Waals surface area contributed by atoms with Crippen LogP contribution in [0.15, 0.2) is 36.8 Å². The van der Waals surface area contributed by atoms with Gasteiger partial charge in [-0.15, -0.1) is 0 Å². The molecule has 2 N–H and O–H groups in total. The summed E-state index contributed by atoms with van der Waals surface area (Å²) < 4.78 is 0. The van der Waals surface area contributed by atoms with Crippen LogP contribution < -0.4 is 10.2 Å². The van der Waals surface area contributed by atoms with Gasteiger partial charge in [0, 0.05) is 51.3 Å². The van der Waals surface area contributed by atoms with Gasteiger partial charge in [0.1, 0.15) is 5.82 Å². The van der Waals surface area contributed by atoms with E-state index in [4.69, 9.17) is 0 Å². The number of rotatable bonds is 5. The van der Waals surface area contributed by atoms with Crippen molar-refractivity contribution in [2.45, 2.75) is 19.4 Å². The molecule has 3 rings (SSSR count). The fourth-order valence-electron chi connectivity index (χ4n) is 2.83. The second-order valence-corrected chi connectivity index (χ2v) is 6.34. The van der Waals surface area contributed by atoms with Gasteiger partial charge in [0.25, 0.3) is 5.91 Å². The van der Waals surface area contributed by atoms with E-state index in [9.17, 15) is 9.90 Å². The summed E-state index contributed by atoms with van der Waals surface area (Å²) in [4.78, 5) is 29.5. The maximum absolute atomic E-state index is 12.7. The van der Waals surface area contributed by atoms with Gasteiger partial charge in [-0.2, -0.15) is 0 Å². The lowest BCUT2D eigenvalue weighted by molar-refractivity contribution is 0.0766. The first kappa shape index (κ1) is 18.1. The minimum Gasteiger partial charge on any atom is -0.392 e. The average Bonchev–Trinajstić information content (AvgIpc) is 2.93. The number of aliphatic hydroxyl groups is 1. The summed E-state index contributed by atoms with van der Waals surface area (Å²) in [5.41, 5.74) is 0.567. The zero-order chi connectivity index (χ0) is 18.4. The Kier molecular flexibility index (Phi) is 5.96. The molecule has 0 radical (unpaired) electrons. The molecule has 1 saturated heterocycles. The van der Waals surface area contributed by atoms with Gasteiger partial charge >= 0.3 is 0 Å². The van der Waals surface area contributed by atoms with E-state index in [-0.39, 0.29) is 5.91 Å². The molecule has 1 aliphatic rings. The van der Waals surface area contributed by atoms with Crippen LogP contribution in [0.1, 0.15) is 23.7 Å². The van der Waals surface area contributed by atoms with Crippen LogP contribution in [-0.2, 0) is 0 Å². The van der Waals surface area contributed by atoms with Crippen LogP contribution in [0.25, 0.3) is 0 Å². The van der Waals surface area contributed by atoms with Crippen molar-refractivity contribution in [2.75, 3.05) is 42.9 Å². The molecule has 1 amide bonds. The van der Waals surface area contributed by atoms with Gasteiger partial charge in [-0.05, 0) is 31.5 Å². The number of amides is 1. The molecule has 2 aromatic heterocycles. The molecule has 0 saturated carbocycles. The molecule has 8 nitrogen and oxygen atoms in total. The largest absolute Gasteiger partial charge is 0.392 e. The van der Waals surface area contributed by atoms with Gasteiger partial charge in [0.15, 0.2) is 0 Å². The van der Waals surface area contributed by atoms with Gasteiger partial charge in [-0.3, -0.25) is 4.79 Å². The molecule has 1 aliphatic heterocycles. The number of hydrogen-bond acceptors (Lipinski definition) is 7. The summed E-state index contributed by atoms with van der Waals surface area (Å²) in [5, 5.41) is 12.3. The molecule has 0 spiro atoms. The highest BCUT2D eigenvalue weighted by Crippen LogP contribution is 2.13. The topological polar surface area (TPSA) is 94.5 Å². The summed E-state index contributed by atoms with van der Waals surface area (Å²) in [6.45, 7) is 4.98. The Balaban J connectivity index is 1.59. The summed E-state index contributed by atoms with van der Waals surface area (Å²) in [7, 11) is 0. The zero-order valence-electron chi connectivity index (χ0n) is 14.9. The number of anilines is 2. The minimum atomic E-state index is -0.452. The van der Waals surface area contributed by atoms with Gasteiger partial charge in [0.05, 0.1) is 11.7 Å². The Bertz CT molecular complexity index is 707. The Morgan fingerprint density at radius 3 is 2.69 bits per heavy atom. The standard InChI is InChI=1S/C18H24N6O2/c1-14(25)12-21-16-5-4-15(13-22-16)17(26)23-8-3-9-24(11-10-23)18-19-6-2-7-20-18/h2,4-7,13-14,25H,3,8-12H2,1H3,(H,21,22)/t14-/m0/s1. The lowest BCUT2D eigenvalue weighted by Crippen LogP contribution is -2.35. The first-order chi connectivity index (χ1) is 12.6. The van der Waals surface area contributed by atoms with E-state index in [2.05, 4.69) is 25.2 Å². The van der Waals surface area contributed by atoms with E-state index >= 15 is 0 Å². The first-order valence-electron chi connectivity index (χ1n) is 8.83. The molecule has 0 aromatic carbocycles. The molecule has 8 heteroatoms. The minimum absolute atomic E-state index is 0.0181. The van der Waals surface area contributed by atoms with Gasteiger partial charge in [-0.1, -0.05) is 0 Å². The van der Waals surface area contributed by atoms with Crippen LogP contribution in [0.3, 0.4) is 0 Å². The molecule has 2 aromatic rings. The predicted molar refractivity (Wildman–Crippen MR) is 99.2 cm³/mol. The molecule has 1 fully saturated rings. The normalized spacial score (nSPS) is 16.1. The number of carbonyl (C=O) groups is 1. The molecular weight excluding hydrogens is 332 g/mol. The van der Waals surface area contributed by atoms with Crippen LogP contribution in [0.4, 0.5) is 11.8 Å². The zero-order valence-corrected chi connectivity index (χ0v) is 14.9. The van der Waals surface area contributed by atoms with E-state index in [1.54, 1.807) is 43.7 Å². The highest BCUT2D eigenvalue weighted by atomic mass is 16.3. The van der Waals surface area contributed by atoms with Crippen LogP contribution in [0.2, 0.25) is 0 Å².